The Morgan fingerprint density at radius 2 is 1.97 bits per heavy atom. The Bertz CT molecular complexity index is 1050. The van der Waals surface area contributed by atoms with Gasteiger partial charge in [-0.2, -0.15) is 0 Å². The van der Waals surface area contributed by atoms with Gasteiger partial charge in [0.05, 0.1) is 12.2 Å². The molecule has 2 aromatic rings. The second-order valence-electron chi connectivity index (χ2n) is 9.45. The van der Waals surface area contributed by atoms with Gasteiger partial charge in [0.15, 0.2) is 5.82 Å². The average molecular weight is 491 g/mol. The molecular weight excluding hydrogens is 460 g/mol. The number of anilines is 2. The van der Waals surface area contributed by atoms with E-state index < -0.39 is 5.60 Å². The van der Waals surface area contributed by atoms with Gasteiger partial charge >= 0.3 is 6.09 Å². The summed E-state index contributed by atoms with van der Waals surface area (Å²) in [5.41, 5.74) is 0.918. The average Bonchev–Trinajstić information content (AvgIpc) is 2.79. The van der Waals surface area contributed by atoms with E-state index in [-0.39, 0.29) is 18.8 Å². The summed E-state index contributed by atoms with van der Waals surface area (Å²) in [5, 5.41) is 9.76. The molecule has 1 saturated heterocycles. The van der Waals surface area contributed by atoms with Crippen LogP contribution in [0.2, 0.25) is 5.15 Å². The number of ether oxygens (including phenoxy) is 3. The van der Waals surface area contributed by atoms with E-state index in [1.165, 1.54) is 0 Å². The highest BCUT2D eigenvalue weighted by atomic mass is 35.5. The van der Waals surface area contributed by atoms with Gasteiger partial charge in [-0.15, -0.1) is 0 Å². The molecule has 184 valence electrons. The van der Waals surface area contributed by atoms with Crippen molar-refractivity contribution in [1.82, 2.24) is 9.97 Å². The van der Waals surface area contributed by atoms with Crippen molar-refractivity contribution in [2.75, 3.05) is 36.0 Å². The molecule has 1 amide bonds. The summed E-state index contributed by atoms with van der Waals surface area (Å²) in [5.74, 6) is 2.38. The van der Waals surface area contributed by atoms with Crippen molar-refractivity contribution in [2.24, 2.45) is 0 Å². The van der Waals surface area contributed by atoms with Crippen LogP contribution in [0.1, 0.15) is 45.0 Å². The van der Waals surface area contributed by atoms with Crippen molar-refractivity contribution >= 4 is 29.2 Å². The minimum Gasteiger partial charge on any atom is -0.490 e. The molecular formula is C24H31ClN4O5. The Hall–Kier alpha value is -2.78. The van der Waals surface area contributed by atoms with Crippen LogP contribution in [-0.2, 0) is 11.3 Å². The fourth-order valence-electron chi connectivity index (χ4n) is 4.06. The molecule has 1 aromatic carbocycles. The first-order valence-corrected chi connectivity index (χ1v) is 11.9. The van der Waals surface area contributed by atoms with E-state index in [1.807, 2.05) is 45.9 Å². The van der Waals surface area contributed by atoms with Crippen molar-refractivity contribution in [1.29, 1.82) is 0 Å². The zero-order chi connectivity index (χ0) is 24.5. The van der Waals surface area contributed by atoms with Crippen LogP contribution in [0, 0.1) is 6.92 Å². The largest absolute Gasteiger partial charge is 0.490 e. The van der Waals surface area contributed by atoms with Gasteiger partial charge in [0.2, 0.25) is 0 Å². The number of carbonyl (C=O) groups excluding carboxylic acids is 1. The number of nitrogens with zero attached hydrogens (tertiary/aromatic N) is 4. The van der Waals surface area contributed by atoms with E-state index >= 15 is 0 Å². The van der Waals surface area contributed by atoms with Crippen molar-refractivity contribution in [3.05, 3.63) is 34.7 Å². The van der Waals surface area contributed by atoms with Gasteiger partial charge in [-0.25, -0.2) is 14.8 Å². The molecule has 0 bridgehead atoms. The molecule has 3 heterocycles. The maximum atomic E-state index is 12.6. The number of benzene rings is 1. The standard InChI is InChI=1S/C24H31ClN4O5/c1-15-21(25)26-20(14-30)27-22(15)28-9-7-16(8-10-28)33-17-5-6-18-19(13-17)32-12-11-29(18)23(31)34-24(2,3)4/h5-6,13,16,30H,7-12,14H2,1-4H3. The highest BCUT2D eigenvalue weighted by Crippen LogP contribution is 2.37. The second kappa shape index (κ2) is 9.84. The summed E-state index contributed by atoms with van der Waals surface area (Å²) in [7, 11) is 0. The van der Waals surface area contributed by atoms with Gasteiger partial charge in [0, 0.05) is 37.6 Å². The van der Waals surface area contributed by atoms with Crippen LogP contribution < -0.4 is 19.3 Å². The highest BCUT2D eigenvalue weighted by molar-refractivity contribution is 6.30. The Morgan fingerprint density at radius 3 is 2.65 bits per heavy atom. The third kappa shape index (κ3) is 5.47. The van der Waals surface area contributed by atoms with Crippen LogP contribution in [-0.4, -0.2) is 59.1 Å². The number of fused-ring (bicyclic) bond motifs is 1. The van der Waals surface area contributed by atoms with Crippen LogP contribution >= 0.6 is 11.6 Å². The number of amides is 1. The van der Waals surface area contributed by atoms with E-state index in [2.05, 4.69) is 14.9 Å². The molecule has 1 N–H and O–H groups in total. The summed E-state index contributed by atoms with van der Waals surface area (Å²) >= 11 is 6.21. The summed E-state index contributed by atoms with van der Waals surface area (Å²) in [6, 6.07) is 5.53. The van der Waals surface area contributed by atoms with Gasteiger partial charge in [0.25, 0.3) is 0 Å². The third-order valence-electron chi connectivity index (χ3n) is 5.70. The third-order valence-corrected chi connectivity index (χ3v) is 6.07. The molecule has 0 radical (unpaired) electrons. The maximum absolute atomic E-state index is 12.6. The predicted octanol–water partition coefficient (Wildman–Crippen LogP) is 4.11. The van der Waals surface area contributed by atoms with E-state index in [1.54, 1.807) is 4.90 Å². The predicted molar refractivity (Wildman–Crippen MR) is 129 cm³/mol. The lowest BCUT2D eigenvalue weighted by Gasteiger charge is -2.34. The fourth-order valence-corrected chi connectivity index (χ4v) is 4.24. The molecule has 1 aromatic heterocycles. The normalized spacial score (nSPS) is 16.6. The van der Waals surface area contributed by atoms with E-state index in [0.717, 1.165) is 37.3 Å². The summed E-state index contributed by atoms with van der Waals surface area (Å²) < 4.78 is 17.6. The molecule has 0 unspecified atom stereocenters. The number of aromatic nitrogens is 2. The van der Waals surface area contributed by atoms with Crippen LogP contribution in [0.4, 0.5) is 16.3 Å². The molecule has 34 heavy (non-hydrogen) atoms. The van der Waals surface area contributed by atoms with E-state index in [4.69, 9.17) is 25.8 Å². The number of hydrogen-bond acceptors (Lipinski definition) is 8. The lowest BCUT2D eigenvalue weighted by molar-refractivity contribution is 0.0567. The smallest absolute Gasteiger partial charge is 0.415 e. The van der Waals surface area contributed by atoms with E-state index in [9.17, 15) is 9.90 Å². The van der Waals surface area contributed by atoms with Crippen LogP contribution in [0.15, 0.2) is 18.2 Å². The molecule has 10 heteroatoms. The number of aliphatic hydroxyl groups is 1. The first-order valence-electron chi connectivity index (χ1n) is 11.5. The van der Waals surface area contributed by atoms with Gasteiger partial charge < -0.3 is 24.2 Å². The number of halogens is 1. The van der Waals surface area contributed by atoms with Crippen molar-refractivity contribution in [2.45, 2.75) is 58.8 Å². The van der Waals surface area contributed by atoms with Gasteiger partial charge in [-0.1, -0.05) is 11.6 Å². The lowest BCUT2D eigenvalue weighted by atomic mass is 10.1. The van der Waals surface area contributed by atoms with Gasteiger partial charge in [0.1, 0.15) is 47.4 Å². The molecule has 4 rings (SSSR count). The second-order valence-corrected chi connectivity index (χ2v) is 9.81. The monoisotopic (exact) mass is 490 g/mol. The zero-order valence-electron chi connectivity index (χ0n) is 20.0. The molecule has 1 fully saturated rings. The fraction of sp³-hybridized carbons (Fsp3) is 0.542. The minimum absolute atomic E-state index is 0.0368. The quantitative estimate of drug-likeness (QED) is 0.639. The topological polar surface area (TPSA) is 97.3 Å². The number of piperidine rings is 1. The maximum Gasteiger partial charge on any atom is 0.415 e. The number of hydrogen-bond donors (Lipinski definition) is 1. The molecule has 0 saturated carbocycles. The summed E-state index contributed by atoms with van der Waals surface area (Å²) in [6.07, 6.45) is 1.26. The number of carbonyl (C=O) groups is 1. The van der Waals surface area contributed by atoms with Gasteiger partial charge in [-0.3, -0.25) is 4.90 Å². The number of rotatable bonds is 4. The SMILES string of the molecule is Cc1c(Cl)nc(CO)nc1N1CCC(Oc2ccc3c(c2)OCCN3C(=O)OC(C)(C)C)CC1. The molecule has 0 aliphatic carbocycles. The Balaban J connectivity index is 1.40. The van der Waals surface area contributed by atoms with E-state index in [0.29, 0.717) is 41.3 Å². The molecule has 2 aliphatic heterocycles. The summed E-state index contributed by atoms with van der Waals surface area (Å²) in [6.45, 7) is 9.50. The minimum atomic E-state index is -0.567. The molecule has 2 aliphatic rings. The van der Waals surface area contributed by atoms with Gasteiger partial charge in [-0.05, 0) is 39.8 Å². The Morgan fingerprint density at radius 1 is 1.24 bits per heavy atom. The van der Waals surface area contributed by atoms with Crippen LogP contribution in [0.5, 0.6) is 11.5 Å². The Kier molecular flexibility index (Phi) is 7.04. The zero-order valence-corrected chi connectivity index (χ0v) is 20.8. The van der Waals surface area contributed by atoms with Crippen LogP contribution in [0.3, 0.4) is 0 Å². The number of aliphatic hydroxyl groups excluding tert-OH is 1. The molecule has 9 nitrogen and oxygen atoms in total. The Labute approximate surface area is 204 Å². The first kappa shape index (κ1) is 24.3. The molecule has 0 spiro atoms. The highest BCUT2D eigenvalue weighted by Gasteiger charge is 2.29. The first-order chi connectivity index (χ1) is 16.1. The van der Waals surface area contributed by atoms with Crippen molar-refractivity contribution in [3.8, 4) is 11.5 Å². The van der Waals surface area contributed by atoms with Crippen LogP contribution in [0.25, 0.3) is 0 Å². The summed E-state index contributed by atoms with van der Waals surface area (Å²) in [4.78, 5) is 24.9. The van der Waals surface area contributed by atoms with Crippen molar-refractivity contribution in [3.63, 3.8) is 0 Å². The lowest BCUT2D eigenvalue weighted by Crippen LogP contribution is -2.41. The van der Waals surface area contributed by atoms with Crippen molar-refractivity contribution < 1.29 is 24.1 Å². The molecule has 0 atom stereocenters.